The van der Waals surface area contributed by atoms with Crippen LogP contribution in [-0.2, 0) is 27.5 Å². The van der Waals surface area contributed by atoms with Crippen LogP contribution in [0.15, 0.2) is 24.3 Å². The van der Waals surface area contributed by atoms with Crippen LogP contribution < -0.4 is 5.32 Å². The number of carbonyl (C=O) groups is 2. The van der Waals surface area contributed by atoms with Crippen LogP contribution in [0.2, 0.25) is 6.04 Å². The summed E-state index contributed by atoms with van der Waals surface area (Å²) in [4.78, 5) is 22.4. The van der Waals surface area contributed by atoms with E-state index < -0.39 is 20.9 Å². The van der Waals surface area contributed by atoms with Gasteiger partial charge in [-0.15, -0.1) is 0 Å². The van der Waals surface area contributed by atoms with Gasteiger partial charge in [0.2, 0.25) is 0 Å². The highest BCUT2D eigenvalue weighted by molar-refractivity contribution is 6.60. The van der Waals surface area contributed by atoms with Crippen molar-refractivity contribution in [2.24, 2.45) is 0 Å². The number of alkyl carbamates (subject to hydrolysis) is 1. The fourth-order valence-electron chi connectivity index (χ4n) is 2.01. The molecule has 0 rings (SSSR count). The molecule has 0 aliphatic carbocycles. The lowest BCUT2D eigenvalue weighted by Crippen LogP contribution is -2.46. The first-order valence-electron chi connectivity index (χ1n) is 8.77. The summed E-state index contributed by atoms with van der Waals surface area (Å²) < 4.78 is 26.7. The fourth-order valence-corrected chi connectivity index (χ4v) is 4.62. The molecular formula is C17H31NO7Si. The molecule has 9 heteroatoms. The third-order valence-corrected chi connectivity index (χ3v) is 6.16. The van der Waals surface area contributed by atoms with Crippen molar-refractivity contribution in [2.75, 3.05) is 40.1 Å². The average Bonchev–Trinajstić information content (AvgIpc) is 2.62. The van der Waals surface area contributed by atoms with Gasteiger partial charge in [-0.1, -0.05) is 12.2 Å². The Morgan fingerprint density at radius 1 is 1.00 bits per heavy atom. The van der Waals surface area contributed by atoms with Crippen LogP contribution in [0.5, 0.6) is 0 Å². The topological polar surface area (TPSA) is 92.3 Å². The monoisotopic (exact) mass is 389 g/mol. The van der Waals surface area contributed by atoms with Crippen molar-refractivity contribution < 1.29 is 32.3 Å². The van der Waals surface area contributed by atoms with Crippen molar-refractivity contribution in [2.45, 2.75) is 33.2 Å². The highest BCUT2D eigenvalue weighted by Gasteiger charge is 2.39. The van der Waals surface area contributed by atoms with Gasteiger partial charge in [0.15, 0.2) is 0 Å². The zero-order chi connectivity index (χ0) is 19.7. The maximum absolute atomic E-state index is 11.6. The predicted octanol–water partition coefficient (Wildman–Crippen LogP) is 2.44. The zero-order valence-corrected chi connectivity index (χ0v) is 17.1. The van der Waals surface area contributed by atoms with Gasteiger partial charge >= 0.3 is 20.9 Å². The minimum atomic E-state index is -2.67. The van der Waals surface area contributed by atoms with Crippen molar-refractivity contribution >= 4 is 20.9 Å². The molecule has 0 saturated heterocycles. The van der Waals surface area contributed by atoms with Crippen LogP contribution in [-0.4, -0.2) is 60.9 Å². The molecule has 0 aliphatic heterocycles. The van der Waals surface area contributed by atoms with Gasteiger partial charge in [-0.3, -0.25) is 0 Å². The van der Waals surface area contributed by atoms with Gasteiger partial charge in [-0.2, -0.15) is 0 Å². The number of nitrogens with one attached hydrogen (secondary N) is 1. The average molecular weight is 390 g/mol. The van der Waals surface area contributed by atoms with E-state index in [0.717, 1.165) is 0 Å². The number of allylic oxidation sites excluding steroid dienone is 2. The van der Waals surface area contributed by atoms with E-state index in [9.17, 15) is 9.59 Å². The highest BCUT2D eigenvalue weighted by atomic mass is 28.4. The first-order valence-corrected chi connectivity index (χ1v) is 10.7. The van der Waals surface area contributed by atoms with Gasteiger partial charge in [0.25, 0.3) is 0 Å². The first kappa shape index (κ1) is 24.3. The molecule has 26 heavy (non-hydrogen) atoms. The van der Waals surface area contributed by atoms with E-state index in [0.29, 0.717) is 38.8 Å². The lowest BCUT2D eigenvalue weighted by molar-refractivity contribution is -0.134. The number of carbonyl (C=O) groups excluding carboxylic acids is 2. The summed E-state index contributed by atoms with van der Waals surface area (Å²) in [5.41, 5.74) is 0. The lowest BCUT2D eigenvalue weighted by Gasteiger charge is -2.28. The van der Waals surface area contributed by atoms with Crippen LogP contribution in [0, 0.1) is 0 Å². The molecule has 1 amide bonds. The molecule has 0 atom stereocenters. The van der Waals surface area contributed by atoms with E-state index in [1.54, 1.807) is 12.2 Å². The summed E-state index contributed by atoms with van der Waals surface area (Å²) in [6, 6.07) is 0.626. The van der Waals surface area contributed by atoms with Crippen LogP contribution in [0.25, 0.3) is 0 Å². The zero-order valence-electron chi connectivity index (χ0n) is 16.1. The number of esters is 1. The molecule has 0 aromatic heterocycles. The number of amides is 1. The van der Waals surface area contributed by atoms with Gasteiger partial charge in [0.1, 0.15) is 6.61 Å². The molecule has 0 saturated carbocycles. The molecule has 0 bridgehead atoms. The Kier molecular flexibility index (Phi) is 14.6. The molecule has 0 spiro atoms. The summed E-state index contributed by atoms with van der Waals surface area (Å²) in [7, 11) is -1.37. The van der Waals surface area contributed by atoms with Crippen molar-refractivity contribution in [1.82, 2.24) is 5.32 Å². The Hall–Kier alpha value is -1.68. The van der Waals surface area contributed by atoms with Crippen LogP contribution in [0.1, 0.15) is 27.2 Å². The molecule has 150 valence electrons. The van der Waals surface area contributed by atoms with Crippen LogP contribution in [0.4, 0.5) is 4.79 Å². The normalized spacial score (nSPS) is 11.8. The number of methoxy groups -OCH3 is 1. The van der Waals surface area contributed by atoms with Gasteiger partial charge < -0.3 is 28.1 Å². The minimum absolute atomic E-state index is 0.104. The van der Waals surface area contributed by atoms with Crippen LogP contribution in [0.3, 0.4) is 0 Å². The standard InChI is InChI=1S/C17H31NO7Si/c1-5-23-26(24-6-2,25-7-3)15-11-13-18-17(20)22-14-10-8-9-12-16(19)21-4/h8-10,12H,5-7,11,13-15H2,1-4H3,(H,18,20)/b10-8-,12-9+. The van der Waals surface area contributed by atoms with Gasteiger partial charge in [0, 0.05) is 38.5 Å². The summed E-state index contributed by atoms with van der Waals surface area (Å²) in [6.45, 7) is 7.84. The van der Waals surface area contributed by atoms with Gasteiger partial charge in [-0.05, 0) is 33.3 Å². The molecule has 0 aromatic rings. The summed E-state index contributed by atoms with van der Waals surface area (Å²) in [5.74, 6) is -0.445. The SMILES string of the molecule is CCO[Si](CCCNC(=O)OC/C=C\C=C\C(=O)OC)(OCC)OCC. The molecule has 0 radical (unpaired) electrons. The van der Waals surface area contributed by atoms with Crippen LogP contribution >= 0.6 is 0 Å². The Morgan fingerprint density at radius 2 is 1.62 bits per heavy atom. The smallest absolute Gasteiger partial charge is 0.466 e. The molecule has 1 N–H and O–H groups in total. The second kappa shape index (κ2) is 15.6. The molecule has 0 aliphatic rings. The second-order valence-electron chi connectivity index (χ2n) is 4.92. The third-order valence-electron chi connectivity index (χ3n) is 3.01. The number of rotatable bonds is 14. The van der Waals surface area contributed by atoms with E-state index >= 15 is 0 Å². The number of ether oxygens (including phenoxy) is 2. The molecular weight excluding hydrogens is 358 g/mol. The minimum Gasteiger partial charge on any atom is -0.466 e. The molecule has 0 aromatic carbocycles. The van der Waals surface area contributed by atoms with Gasteiger partial charge in [-0.25, -0.2) is 9.59 Å². The van der Waals surface area contributed by atoms with Crippen molar-refractivity contribution in [3.8, 4) is 0 Å². The Balaban J connectivity index is 4.06. The second-order valence-corrected chi connectivity index (χ2v) is 7.65. The van der Waals surface area contributed by atoms with E-state index in [2.05, 4.69) is 10.1 Å². The van der Waals surface area contributed by atoms with E-state index in [-0.39, 0.29) is 6.61 Å². The maximum atomic E-state index is 11.6. The van der Waals surface area contributed by atoms with Crippen molar-refractivity contribution in [1.29, 1.82) is 0 Å². The lowest BCUT2D eigenvalue weighted by atomic mass is 10.4. The van der Waals surface area contributed by atoms with Crippen molar-refractivity contribution in [3.63, 3.8) is 0 Å². The number of hydrogen-bond acceptors (Lipinski definition) is 7. The van der Waals surface area contributed by atoms with E-state index in [4.69, 9.17) is 18.0 Å². The Morgan fingerprint density at radius 3 is 2.15 bits per heavy atom. The summed E-state index contributed by atoms with van der Waals surface area (Å²) in [6.07, 6.45) is 6.13. The summed E-state index contributed by atoms with van der Waals surface area (Å²) in [5, 5.41) is 2.67. The van der Waals surface area contributed by atoms with E-state index in [1.165, 1.54) is 19.3 Å². The maximum Gasteiger partial charge on any atom is 0.500 e. The highest BCUT2D eigenvalue weighted by Crippen LogP contribution is 2.17. The van der Waals surface area contributed by atoms with E-state index in [1.807, 2.05) is 20.8 Å². The third kappa shape index (κ3) is 11.8. The Labute approximate surface area is 156 Å². The largest absolute Gasteiger partial charge is 0.500 e. The molecule has 0 heterocycles. The van der Waals surface area contributed by atoms with Gasteiger partial charge in [0.05, 0.1) is 7.11 Å². The molecule has 0 unspecified atom stereocenters. The molecule has 8 nitrogen and oxygen atoms in total. The quantitative estimate of drug-likeness (QED) is 0.160. The first-order chi connectivity index (χ1) is 12.5. The number of hydrogen-bond donors (Lipinski definition) is 1. The molecule has 0 fully saturated rings. The van der Waals surface area contributed by atoms with Crippen molar-refractivity contribution in [3.05, 3.63) is 24.3 Å². The Bertz CT molecular complexity index is 437. The fraction of sp³-hybridized carbons (Fsp3) is 0.647. The predicted molar refractivity (Wildman–Crippen MR) is 99.7 cm³/mol. The summed E-state index contributed by atoms with van der Waals surface area (Å²) >= 11 is 0.